The number of amides is 1. The molecule has 1 amide bonds. The number of anilines is 4. The smallest absolute Gasteiger partial charge is 0.263 e. The Morgan fingerprint density at radius 2 is 1.50 bits per heavy atom. The summed E-state index contributed by atoms with van der Waals surface area (Å²) in [6, 6.07) is 19.9. The molecule has 0 fully saturated rings. The molecule has 0 atom stereocenters. The molecule has 1 aromatic heterocycles. The Bertz CT molecular complexity index is 1410. The van der Waals surface area contributed by atoms with Crippen molar-refractivity contribution in [2.75, 3.05) is 15.4 Å². The van der Waals surface area contributed by atoms with Gasteiger partial charge in [-0.1, -0.05) is 29.8 Å². The summed E-state index contributed by atoms with van der Waals surface area (Å²) >= 11 is 6.06. The summed E-state index contributed by atoms with van der Waals surface area (Å²) in [6.45, 7) is 1.37. The van der Waals surface area contributed by atoms with Gasteiger partial charge in [0.25, 0.3) is 10.0 Å². The minimum atomic E-state index is -3.98. The molecule has 3 aromatic carbocycles. The molecule has 1 heterocycles. The molecule has 0 bridgehead atoms. The first kappa shape index (κ1) is 21.5. The Morgan fingerprint density at radius 3 is 2.12 bits per heavy atom. The Hall–Kier alpha value is -3.69. The molecule has 0 radical (unpaired) electrons. The highest BCUT2D eigenvalue weighted by molar-refractivity contribution is 7.92. The number of para-hydroxylation sites is 2. The standard InChI is InChI=1S/C22H18ClN5O3S/c1-14(29)24-16-9-11-18(12-10-16)32(30,31)28-22-21(25-17-6-4-5-15(23)13-17)26-19-7-2-3-8-20(19)27-22/h2-13H,1H3,(H,24,29)(H,25,26)(H,27,28). The maximum Gasteiger partial charge on any atom is 0.263 e. The van der Waals surface area contributed by atoms with E-state index >= 15 is 0 Å². The predicted octanol–water partition coefficient (Wildman–Crippen LogP) is 4.79. The number of aromatic nitrogens is 2. The Morgan fingerprint density at radius 1 is 0.844 bits per heavy atom. The van der Waals surface area contributed by atoms with Crippen molar-refractivity contribution in [2.24, 2.45) is 0 Å². The summed E-state index contributed by atoms with van der Waals surface area (Å²) in [4.78, 5) is 20.2. The quantitative estimate of drug-likeness (QED) is 0.376. The van der Waals surface area contributed by atoms with Gasteiger partial charge in [0.2, 0.25) is 5.91 Å². The zero-order valence-corrected chi connectivity index (χ0v) is 18.4. The fourth-order valence-corrected chi connectivity index (χ4v) is 4.17. The van der Waals surface area contributed by atoms with Gasteiger partial charge in [-0.15, -0.1) is 0 Å². The van der Waals surface area contributed by atoms with Crippen LogP contribution in [0.4, 0.5) is 23.0 Å². The molecular weight excluding hydrogens is 450 g/mol. The van der Waals surface area contributed by atoms with E-state index in [1.165, 1.54) is 31.2 Å². The van der Waals surface area contributed by atoms with Crippen molar-refractivity contribution in [3.63, 3.8) is 0 Å². The normalized spacial score (nSPS) is 11.2. The van der Waals surface area contributed by atoms with Crippen LogP contribution in [0.1, 0.15) is 6.92 Å². The topological polar surface area (TPSA) is 113 Å². The number of sulfonamides is 1. The van der Waals surface area contributed by atoms with Crippen LogP contribution in [0.25, 0.3) is 11.0 Å². The van der Waals surface area contributed by atoms with E-state index in [2.05, 4.69) is 25.3 Å². The van der Waals surface area contributed by atoms with Gasteiger partial charge in [0, 0.05) is 23.3 Å². The highest BCUT2D eigenvalue weighted by Gasteiger charge is 2.19. The monoisotopic (exact) mass is 467 g/mol. The zero-order chi connectivity index (χ0) is 22.7. The van der Waals surface area contributed by atoms with E-state index in [0.717, 1.165) is 0 Å². The van der Waals surface area contributed by atoms with Crippen molar-refractivity contribution in [3.8, 4) is 0 Å². The van der Waals surface area contributed by atoms with Crippen LogP contribution < -0.4 is 15.4 Å². The first-order chi connectivity index (χ1) is 15.3. The number of fused-ring (bicyclic) bond motifs is 1. The van der Waals surface area contributed by atoms with E-state index in [-0.39, 0.29) is 22.4 Å². The lowest BCUT2D eigenvalue weighted by Gasteiger charge is -2.14. The van der Waals surface area contributed by atoms with Crippen LogP contribution in [0, 0.1) is 0 Å². The van der Waals surface area contributed by atoms with E-state index in [4.69, 9.17) is 11.6 Å². The third-order valence-corrected chi connectivity index (χ3v) is 5.96. The van der Waals surface area contributed by atoms with Crippen molar-refractivity contribution in [1.29, 1.82) is 0 Å². The van der Waals surface area contributed by atoms with Gasteiger partial charge in [0.15, 0.2) is 11.6 Å². The van der Waals surface area contributed by atoms with Gasteiger partial charge >= 0.3 is 0 Å². The van der Waals surface area contributed by atoms with Crippen LogP contribution in [0.3, 0.4) is 0 Å². The zero-order valence-electron chi connectivity index (χ0n) is 16.8. The van der Waals surface area contributed by atoms with E-state index in [9.17, 15) is 13.2 Å². The number of rotatable bonds is 6. The minimum Gasteiger partial charge on any atom is -0.337 e. The molecule has 0 aliphatic carbocycles. The molecule has 0 saturated heterocycles. The minimum absolute atomic E-state index is 0.00951. The van der Waals surface area contributed by atoms with Gasteiger partial charge in [0.1, 0.15) is 0 Å². The highest BCUT2D eigenvalue weighted by Crippen LogP contribution is 2.28. The van der Waals surface area contributed by atoms with Crippen LogP contribution in [0.15, 0.2) is 77.7 Å². The van der Waals surface area contributed by atoms with E-state index in [0.29, 0.717) is 27.4 Å². The second kappa shape index (κ2) is 8.81. The summed E-state index contributed by atoms with van der Waals surface area (Å²) in [5, 5.41) is 6.19. The van der Waals surface area contributed by atoms with Crippen molar-refractivity contribution in [3.05, 3.63) is 77.8 Å². The summed E-state index contributed by atoms with van der Waals surface area (Å²) in [5.74, 6) is 0.0147. The van der Waals surface area contributed by atoms with E-state index in [1.807, 2.05) is 6.07 Å². The third-order valence-electron chi connectivity index (χ3n) is 4.37. The highest BCUT2D eigenvalue weighted by atomic mass is 35.5. The number of hydrogen-bond acceptors (Lipinski definition) is 6. The number of benzene rings is 3. The van der Waals surface area contributed by atoms with Crippen LogP contribution in [0.5, 0.6) is 0 Å². The lowest BCUT2D eigenvalue weighted by atomic mass is 10.3. The van der Waals surface area contributed by atoms with Crippen molar-refractivity contribution in [1.82, 2.24) is 9.97 Å². The van der Waals surface area contributed by atoms with Gasteiger partial charge in [0.05, 0.1) is 15.9 Å². The largest absolute Gasteiger partial charge is 0.337 e. The summed E-state index contributed by atoms with van der Waals surface area (Å²) in [7, 11) is -3.98. The fourth-order valence-electron chi connectivity index (χ4n) is 2.97. The van der Waals surface area contributed by atoms with Crippen LogP contribution >= 0.6 is 11.6 Å². The maximum absolute atomic E-state index is 13.0. The molecule has 32 heavy (non-hydrogen) atoms. The van der Waals surface area contributed by atoms with Crippen LogP contribution in [0.2, 0.25) is 5.02 Å². The average Bonchev–Trinajstić information content (AvgIpc) is 2.74. The lowest BCUT2D eigenvalue weighted by Crippen LogP contribution is -2.16. The van der Waals surface area contributed by atoms with Gasteiger partial charge in [-0.25, -0.2) is 18.4 Å². The van der Waals surface area contributed by atoms with E-state index in [1.54, 1.807) is 42.5 Å². The summed E-state index contributed by atoms with van der Waals surface area (Å²) < 4.78 is 28.5. The Balaban J connectivity index is 1.71. The number of nitrogens with one attached hydrogen (secondary N) is 3. The Labute approximate surface area is 189 Å². The molecule has 3 N–H and O–H groups in total. The number of hydrogen-bond donors (Lipinski definition) is 3. The molecule has 4 aromatic rings. The molecule has 8 nitrogen and oxygen atoms in total. The first-order valence-corrected chi connectivity index (χ1v) is 11.4. The summed E-state index contributed by atoms with van der Waals surface area (Å²) in [5.41, 5.74) is 2.25. The van der Waals surface area contributed by atoms with E-state index < -0.39 is 10.0 Å². The second-order valence-electron chi connectivity index (χ2n) is 6.86. The van der Waals surface area contributed by atoms with Crippen LogP contribution in [-0.2, 0) is 14.8 Å². The Kier molecular flexibility index (Phi) is 5.93. The molecule has 0 aliphatic heterocycles. The number of halogens is 1. The maximum atomic E-state index is 13.0. The van der Waals surface area contributed by atoms with Crippen molar-refractivity contribution in [2.45, 2.75) is 11.8 Å². The lowest BCUT2D eigenvalue weighted by molar-refractivity contribution is -0.114. The summed E-state index contributed by atoms with van der Waals surface area (Å²) in [6.07, 6.45) is 0. The van der Waals surface area contributed by atoms with Crippen molar-refractivity contribution >= 4 is 61.6 Å². The van der Waals surface area contributed by atoms with Crippen LogP contribution in [-0.4, -0.2) is 24.3 Å². The molecule has 162 valence electrons. The van der Waals surface area contributed by atoms with Gasteiger partial charge in [-0.05, 0) is 54.6 Å². The van der Waals surface area contributed by atoms with Crippen molar-refractivity contribution < 1.29 is 13.2 Å². The molecule has 0 spiro atoms. The molecule has 0 unspecified atom stereocenters. The molecule has 4 rings (SSSR count). The molecule has 0 aliphatic rings. The molecule has 0 saturated carbocycles. The van der Waals surface area contributed by atoms with Gasteiger partial charge in [-0.2, -0.15) is 0 Å². The number of carbonyl (C=O) groups excluding carboxylic acids is 1. The third kappa shape index (κ3) is 4.96. The van der Waals surface area contributed by atoms with Gasteiger partial charge in [-0.3, -0.25) is 9.52 Å². The molecular formula is C22H18ClN5O3S. The first-order valence-electron chi connectivity index (χ1n) is 9.50. The SMILES string of the molecule is CC(=O)Nc1ccc(S(=O)(=O)Nc2nc3ccccc3nc2Nc2cccc(Cl)c2)cc1. The fraction of sp³-hybridized carbons (Fsp3) is 0.0455. The average molecular weight is 468 g/mol. The predicted molar refractivity (Wildman–Crippen MR) is 126 cm³/mol. The molecule has 10 heteroatoms. The number of nitrogens with zero attached hydrogens (tertiary/aromatic N) is 2. The van der Waals surface area contributed by atoms with Gasteiger partial charge < -0.3 is 10.6 Å². The number of carbonyl (C=O) groups is 1. The second-order valence-corrected chi connectivity index (χ2v) is 8.97.